The molecule has 1 saturated heterocycles. The van der Waals surface area contributed by atoms with Gasteiger partial charge < -0.3 is 5.32 Å². The molecule has 1 aromatic rings. The Balaban J connectivity index is 1.87. The molecule has 1 unspecified atom stereocenters. The third kappa shape index (κ3) is 2.82. The second-order valence-corrected chi connectivity index (χ2v) is 4.72. The van der Waals surface area contributed by atoms with Crippen molar-refractivity contribution in [1.29, 1.82) is 0 Å². The Kier molecular flexibility index (Phi) is 3.93. The Morgan fingerprint density at radius 3 is 3.00 bits per heavy atom. The summed E-state index contributed by atoms with van der Waals surface area (Å²) >= 11 is 0. The zero-order chi connectivity index (χ0) is 11.4. The fourth-order valence-corrected chi connectivity index (χ4v) is 2.32. The van der Waals surface area contributed by atoms with Gasteiger partial charge in [-0.1, -0.05) is 6.92 Å². The molecule has 0 aromatic carbocycles. The molecule has 90 valence electrons. The van der Waals surface area contributed by atoms with Crippen molar-refractivity contribution in [1.82, 2.24) is 20.1 Å². The highest BCUT2D eigenvalue weighted by Crippen LogP contribution is 2.15. The highest BCUT2D eigenvalue weighted by atomic mass is 15.3. The van der Waals surface area contributed by atoms with Gasteiger partial charge in [0.15, 0.2) is 5.82 Å². The highest BCUT2D eigenvalue weighted by Gasteiger charge is 2.15. The van der Waals surface area contributed by atoms with Crippen LogP contribution in [0.25, 0.3) is 0 Å². The van der Waals surface area contributed by atoms with Crippen LogP contribution in [0.5, 0.6) is 0 Å². The lowest BCUT2D eigenvalue weighted by Crippen LogP contribution is -2.10. The molecule has 0 saturated carbocycles. The largest absolute Gasteiger partial charge is 0.316 e. The number of rotatable bonds is 5. The standard InChI is InChI=1S/C12H22N4/c1-3-4-11-14-12(16(2)15-11)6-5-10-7-8-13-9-10/h10,13H,3-9H2,1-2H3. The molecule has 1 aliphatic heterocycles. The molecule has 1 aromatic heterocycles. The van der Waals surface area contributed by atoms with E-state index in [9.17, 15) is 0 Å². The van der Waals surface area contributed by atoms with Crippen LogP contribution in [-0.4, -0.2) is 27.9 Å². The minimum Gasteiger partial charge on any atom is -0.316 e. The second kappa shape index (κ2) is 5.43. The molecule has 4 heteroatoms. The molecule has 1 aliphatic rings. The Morgan fingerprint density at radius 1 is 1.44 bits per heavy atom. The predicted molar refractivity (Wildman–Crippen MR) is 64.3 cm³/mol. The van der Waals surface area contributed by atoms with Crippen LogP contribution in [0, 0.1) is 5.92 Å². The summed E-state index contributed by atoms with van der Waals surface area (Å²) in [5, 5.41) is 7.84. The number of aromatic nitrogens is 3. The van der Waals surface area contributed by atoms with Gasteiger partial charge in [0.05, 0.1) is 0 Å². The summed E-state index contributed by atoms with van der Waals surface area (Å²) in [6.45, 7) is 4.53. The summed E-state index contributed by atoms with van der Waals surface area (Å²) in [4.78, 5) is 4.59. The highest BCUT2D eigenvalue weighted by molar-refractivity contribution is 4.93. The summed E-state index contributed by atoms with van der Waals surface area (Å²) < 4.78 is 1.95. The van der Waals surface area contributed by atoms with E-state index in [1.807, 2.05) is 11.7 Å². The molecule has 0 amide bonds. The molecule has 2 rings (SSSR count). The van der Waals surface area contributed by atoms with Gasteiger partial charge in [-0.25, -0.2) is 4.98 Å². The number of hydrogen-bond acceptors (Lipinski definition) is 3. The maximum atomic E-state index is 4.59. The van der Waals surface area contributed by atoms with Crippen molar-refractivity contribution in [3.8, 4) is 0 Å². The van der Waals surface area contributed by atoms with Gasteiger partial charge in [-0.2, -0.15) is 5.10 Å². The van der Waals surface area contributed by atoms with Crippen LogP contribution in [0.15, 0.2) is 0 Å². The molecule has 0 aliphatic carbocycles. The normalized spacial score (nSPS) is 20.5. The van der Waals surface area contributed by atoms with Gasteiger partial charge in [-0.15, -0.1) is 0 Å². The molecule has 1 atom stereocenters. The first-order chi connectivity index (χ1) is 7.79. The predicted octanol–water partition coefficient (Wildman–Crippen LogP) is 1.31. The molecule has 4 nitrogen and oxygen atoms in total. The average Bonchev–Trinajstić information content (AvgIpc) is 2.86. The first-order valence-corrected chi connectivity index (χ1v) is 6.39. The number of aryl methyl sites for hydroxylation is 3. The number of nitrogens with one attached hydrogen (secondary N) is 1. The molecular weight excluding hydrogens is 200 g/mol. The maximum Gasteiger partial charge on any atom is 0.150 e. The van der Waals surface area contributed by atoms with Crippen molar-refractivity contribution < 1.29 is 0 Å². The van der Waals surface area contributed by atoms with E-state index in [1.54, 1.807) is 0 Å². The van der Waals surface area contributed by atoms with Crippen molar-refractivity contribution in [3.63, 3.8) is 0 Å². The third-order valence-electron chi connectivity index (χ3n) is 3.31. The minimum absolute atomic E-state index is 0.839. The monoisotopic (exact) mass is 222 g/mol. The van der Waals surface area contributed by atoms with Gasteiger partial charge in [0, 0.05) is 19.9 Å². The Hall–Kier alpha value is -0.900. The molecule has 1 N–H and O–H groups in total. The fourth-order valence-electron chi connectivity index (χ4n) is 2.32. The van der Waals surface area contributed by atoms with E-state index in [4.69, 9.17) is 0 Å². The average molecular weight is 222 g/mol. The van der Waals surface area contributed by atoms with Crippen LogP contribution in [0.2, 0.25) is 0 Å². The lowest BCUT2D eigenvalue weighted by atomic mass is 10.0. The second-order valence-electron chi connectivity index (χ2n) is 4.72. The summed E-state index contributed by atoms with van der Waals surface area (Å²) in [6.07, 6.45) is 5.75. The van der Waals surface area contributed by atoms with Crippen molar-refractivity contribution in [2.45, 2.75) is 39.0 Å². The van der Waals surface area contributed by atoms with E-state index in [-0.39, 0.29) is 0 Å². The topological polar surface area (TPSA) is 42.7 Å². The fraction of sp³-hybridized carbons (Fsp3) is 0.833. The van der Waals surface area contributed by atoms with E-state index in [1.165, 1.54) is 25.9 Å². The molecular formula is C12H22N4. The Morgan fingerprint density at radius 2 is 2.31 bits per heavy atom. The van der Waals surface area contributed by atoms with Gasteiger partial charge in [0.2, 0.25) is 0 Å². The van der Waals surface area contributed by atoms with E-state index < -0.39 is 0 Å². The van der Waals surface area contributed by atoms with Crippen LogP contribution in [0.3, 0.4) is 0 Å². The lowest BCUT2D eigenvalue weighted by Gasteiger charge is -2.06. The van der Waals surface area contributed by atoms with Gasteiger partial charge in [0.1, 0.15) is 5.82 Å². The smallest absolute Gasteiger partial charge is 0.150 e. The number of nitrogens with zero attached hydrogens (tertiary/aromatic N) is 3. The van der Waals surface area contributed by atoms with Crippen molar-refractivity contribution in [2.24, 2.45) is 13.0 Å². The van der Waals surface area contributed by atoms with Crippen LogP contribution in [0.1, 0.15) is 37.8 Å². The Labute approximate surface area is 97.5 Å². The van der Waals surface area contributed by atoms with E-state index in [0.29, 0.717) is 0 Å². The van der Waals surface area contributed by atoms with Gasteiger partial charge in [-0.3, -0.25) is 4.68 Å². The first kappa shape index (κ1) is 11.6. The zero-order valence-electron chi connectivity index (χ0n) is 10.4. The van der Waals surface area contributed by atoms with Crippen LogP contribution < -0.4 is 5.32 Å². The quantitative estimate of drug-likeness (QED) is 0.817. The molecule has 0 bridgehead atoms. The van der Waals surface area contributed by atoms with Crippen molar-refractivity contribution in [2.75, 3.05) is 13.1 Å². The van der Waals surface area contributed by atoms with Crippen LogP contribution >= 0.6 is 0 Å². The van der Waals surface area contributed by atoms with E-state index in [2.05, 4.69) is 22.3 Å². The van der Waals surface area contributed by atoms with Gasteiger partial charge >= 0.3 is 0 Å². The van der Waals surface area contributed by atoms with Crippen molar-refractivity contribution >= 4 is 0 Å². The molecule has 2 heterocycles. The van der Waals surface area contributed by atoms with Crippen LogP contribution in [-0.2, 0) is 19.9 Å². The molecule has 0 radical (unpaired) electrons. The lowest BCUT2D eigenvalue weighted by molar-refractivity contribution is 0.515. The van der Waals surface area contributed by atoms with E-state index in [0.717, 1.165) is 36.8 Å². The van der Waals surface area contributed by atoms with E-state index >= 15 is 0 Å². The minimum atomic E-state index is 0.839. The Bertz CT molecular complexity index is 326. The first-order valence-electron chi connectivity index (χ1n) is 6.39. The molecule has 0 spiro atoms. The van der Waals surface area contributed by atoms with Crippen molar-refractivity contribution in [3.05, 3.63) is 11.6 Å². The summed E-state index contributed by atoms with van der Waals surface area (Å²) in [6, 6.07) is 0. The number of hydrogen-bond donors (Lipinski definition) is 1. The summed E-state index contributed by atoms with van der Waals surface area (Å²) in [5.74, 6) is 2.99. The SMILES string of the molecule is CCCc1nc(CCC2CCNC2)n(C)n1. The van der Waals surface area contributed by atoms with Crippen LogP contribution in [0.4, 0.5) is 0 Å². The maximum absolute atomic E-state index is 4.59. The molecule has 1 fully saturated rings. The zero-order valence-corrected chi connectivity index (χ0v) is 10.4. The van der Waals surface area contributed by atoms with Gasteiger partial charge in [0.25, 0.3) is 0 Å². The summed E-state index contributed by atoms with van der Waals surface area (Å²) in [7, 11) is 2.01. The third-order valence-corrected chi connectivity index (χ3v) is 3.31. The molecule has 16 heavy (non-hydrogen) atoms. The van der Waals surface area contributed by atoms with Gasteiger partial charge in [-0.05, 0) is 38.3 Å². The summed E-state index contributed by atoms with van der Waals surface area (Å²) in [5.41, 5.74) is 0.